The molecule has 0 spiro atoms. The van der Waals surface area contributed by atoms with E-state index >= 15 is 0 Å². The summed E-state index contributed by atoms with van der Waals surface area (Å²) in [6, 6.07) is 12.4. The maximum Gasteiger partial charge on any atom is 0.242 e. The van der Waals surface area contributed by atoms with Crippen LogP contribution in [0.5, 0.6) is 11.5 Å². The van der Waals surface area contributed by atoms with E-state index in [-0.39, 0.29) is 17.4 Å². The normalized spacial score (nSPS) is 13.5. The van der Waals surface area contributed by atoms with Crippen LogP contribution in [0.4, 0.5) is 0 Å². The molecule has 1 aromatic heterocycles. The third-order valence-corrected chi connectivity index (χ3v) is 5.63. The van der Waals surface area contributed by atoms with Gasteiger partial charge in [-0.3, -0.25) is 0 Å². The quantitative estimate of drug-likeness (QED) is 0.642. The van der Waals surface area contributed by atoms with Gasteiger partial charge in [0.15, 0.2) is 21.3 Å². The predicted octanol–water partition coefficient (Wildman–Crippen LogP) is 3.28. The molecule has 0 amide bonds. The summed E-state index contributed by atoms with van der Waals surface area (Å²) in [4.78, 5) is 4.17. The molecule has 0 aliphatic carbocycles. The fraction of sp³-hybridized carbons (Fsp3) is 0.222. The lowest BCUT2D eigenvalue weighted by Gasteiger charge is -2.20. The van der Waals surface area contributed by atoms with E-state index in [2.05, 4.69) is 10.1 Å². The Labute approximate surface area is 160 Å². The van der Waals surface area contributed by atoms with Gasteiger partial charge in [0.05, 0.1) is 10.8 Å². The van der Waals surface area contributed by atoms with Crippen LogP contribution in [0, 0.1) is 0 Å². The molecule has 1 aliphatic rings. The topological polar surface area (TPSA) is 91.5 Å². The molecule has 4 rings (SSSR count). The van der Waals surface area contributed by atoms with Crippen LogP contribution >= 0.6 is 11.6 Å². The number of nitrogens with zero attached hydrogens (tertiary/aromatic N) is 2. The van der Waals surface area contributed by atoms with E-state index < -0.39 is 9.84 Å². The minimum atomic E-state index is -3.55. The first-order valence-electron chi connectivity index (χ1n) is 8.17. The lowest BCUT2D eigenvalue weighted by atomic mass is 10.2. The van der Waals surface area contributed by atoms with Crippen LogP contribution < -0.4 is 9.47 Å². The third kappa shape index (κ3) is 4.06. The molecule has 9 heteroatoms. The highest BCUT2D eigenvalue weighted by molar-refractivity contribution is 7.89. The Bertz CT molecular complexity index is 1070. The molecule has 0 bridgehead atoms. The first-order valence-corrected chi connectivity index (χ1v) is 10.4. The summed E-state index contributed by atoms with van der Waals surface area (Å²) in [6.45, 7) is 0.801. The Kier molecular flexibility index (Phi) is 4.75. The summed E-state index contributed by atoms with van der Waals surface area (Å²) >= 11 is 6.17. The number of aromatic nitrogens is 2. The molecule has 0 radical (unpaired) electrons. The zero-order chi connectivity index (χ0) is 18.9. The highest BCUT2D eigenvalue weighted by Gasteiger charge is 2.22. The SMILES string of the molecule is O=S(=O)(Cc1cc(Cl)c2c(c1)OCCO2)Cc1nc(-c2ccccc2)no1. The van der Waals surface area contributed by atoms with Crippen molar-refractivity contribution in [2.45, 2.75) is 11.5 Å². The highest BCUT2D eigenvalue weighted by atomic mass is 35.5. The number of rotatable bonds is 5. The standard InChI is InChI=1S/C18H15ClN2O5S/c19-14-8-12(9-15-17(14)25-7-6-24-15)10-27(22,23)11-16-20-18(21-26-16)13-4-2-1-3-5-13/h1-5,8-9H,6-7,10-11H2. The van der Waals surface area contributed by atoms with Gasteiger partial charge in [-0.25, -0.2) is 8.42 Å². The molecule has 0 unspecified atom stereocenters. The van der Waals surface area contributed by atoms with Gasteiger partial charge < -0.3 is 14.0 Å². The predicted molar refractivity (Wildman–Crippen MR) is 98.5 cm³/mol. The molecule has 0 atom stereocenters. The first kappa shape index (κ1) is 17.8. The minimum Gasteiger partial charge on any atom is -0.486 e. The van der Waals surface area contributed by atoms with Crippen LogP contribution in [0.15, 0.2) is 47.0 Å². The zero-order valence-electron chi connectivity index (χ0n) is 14.1. The van der Waals surface area contributed by atoms with Crippen LogP contribution in [0.1, 0.15) is 11.5 Å². The van der Waals surface area contributed by atoms with Crippen LogP contribution in [0.2, 0.25) is 5.02 Å². The van der Waals surface area contributed by atoms with Gasteiger partial charge in [0.1, 0.15) is 19.0 Å². The summed E-state index contributed by atoms with van der Waals surface area (Å²) in [6.07, 6.45) is 0. The van der Waals surface area contributed by atoms with Crippen molar-refractivity contribution in [1.82, 2.24) is 10.1 Å². The van der Waals surface area contributed by atoms with E-state index in [4.69, 9.17) is 25.6 Å². The summed E-state index contributed by atoms with van der Waals surface area (Å²) in [5, 5.41) is 4.16. The Balaban J connectivity index is 1.51. The van der Waals surface area contributed by atoms with E-state index in [1.807, 2.05) is 30.3 Å². The summed E-state index contributed by atoms with van der Waals surface area (Å²) < 4.78 is 41.1. The summed E-state index contributed by atoms with van der Waals surface area (Å²) in [5.41, 5.74) is 1.26. The zero-order valence-corrected chi connectivity index (χ0v) is 15.7. The van der Waals surface area contributed by atoms with E-state index in [0.29, 0.717) is 41.1 Å². The number of benzene rings is 2. The Hall–Kier alpha value is -2.58. The first-order chi connectivity index (χ1) is 13.0. The average molecular weight is 407 g/mol. The van der Waals surface area contributed by atoms with Gasteiger partial charge in [-0.05, 0) is 17.7 Å². The lowest BCUT2D eigenvalue weighted by Crippen LogP contribution is -2.16. The van der Waals surface area contributed by atoms with Crippen LogP contribution in [-0.4, -0.2) is 31.8 Å². The van der Waals surface area contributed by atoms with Gasteiger partial charge >= 0.3 is 0 Å². The van der Waals surface area contributed by atoms with Gasteiger partial charge in [0.25, 0.3) is 0 Å². The van der Waals surface area contributed by atoms with Crippen LogP contribution in [-0.2, 0) is 21.3 Å². The van der Waals surface area contributed by atoms with E-state index in [1.54, 1.807) is 12.1 Å². The van der Waals surface area contributed by atoms with E-state index in [1.165, 1.54) is 0 Å². The third-order valence-electron chi connectivity index (χ3n) is 3.89. The van der Waals surface area contributed by atoms with Gasteiger partial charge in [-0.2, -0.15) is 4.98 Å². The largest absolute Gasteiger partial charge is 0.486 e. The van der Waals surface area contributed by atoms with Crippen molar-refractivity contribution in [3.05, 3.63) is 58.9 Å². The minimum absolute atomic E-state index is 0.0393. The molecule has 140 valence electrons. The number of hydrogen-bond acceptors (Lipinski definition) is 7. The molecule has 7 nitrogen and oxygen atoms in total. The second kappa shape index (κ2) is 7.21. The maximum absolute atomic E-state index is 12.6. The molecule has 2 heterocycles. The van der Waals surface area contributed by atoms with Crippen molar-refractivity contribution < 1.29 is 22.4 Å². The number of sulfone groups is 1. The van der Waals surface area contributed by atoms with Crippen molar-refractivity contribution in [1.29, 1.82) is 0 Å². The molecule has 27 heavy (non-hydrogen) atoms. The monoisotopic (exact) mass is 406 g/mol. The van der Waals surface area contributed by atoms with Crippen molar-refractivity contribution in [3.63, 3.8) is 0 Å². The van der Waals surface area contributed by atoms with Crippen molar-refractivity contribution >= 4 is 21.4 Å². The van der Waals surface area contributed by atoms with E-state index in [0.717, 1.165) is 5.56 Å². The second-order valence-electron chi connectivity index (χ2n) is 6.01. The number of hydrogen-bond donors (Lipinski definition) is 0. The second-order valence-corrected chi connectivity index (χ2v) is 8.48. The number of halogens is 1. The molecule has 0 saturated heterocycles. The molecule has 0 saturated carbocycles. The number of ether oxygens (including phenoxy) is 2. The molecule has 3 aromatic rings. The van der Waals surface area contributed by atoms with Crippen LogP contribution in [0.25, 0.3) is 11.4 Å². The Morgan fingerprint density at radius 1 is 1.04 bits per heavy atom. The average Bonchev–Trinajstić information content (AvgIpc) is 3.10. The summed E-state index contributed by atoms with van der Waals surface area (Å²) in [5.74, 6) is 0.683. The van der Waals surface area contributed by atoms with Gasteiger partial charge in [-0.1, -0.05) is 47.1 Å². The fourth-order valence-electron chi connectivity index (χ4n) is 2.76. The van der Waals surface area contributed by atoms with Crippen molar-refractivity contribution in [2.24, 2.45) is 0 Å². The molecule has 0 N–H and O–H groups in total. The van der Waals surface area contributed by atoms with Gasteiger partial charge in [-0.15, -0.1) is 0 Å². The van der Waals surface area contributed by atoms with Gasteiger partial charge in [0, 0.05) is 5.56 Å². The van der Waals surface area contributed by atoms with E-state index in [9.17, 15) is 8.42 Å². The fourth-order valence-corrected chi connectivity index (χ4v) is 4.32. The van der Waals surface area contributed by atoms with Crippen molar-refractivity contribution in [3.8, 4) is 22.9 Å². The molecular weight excluding hydrogens is 392 g/mol. The molecule has 1 aliphatic heterocycles. The number of fused-ring (bicyclic) bond motifs is 1. The maximum atomic E-state index is 12.6. The molecular formula is C18H15ClN2O5S. The van der Waals surface area contributed by atoms with Crippen molar-refractivity contribution in [2.75, 3.05) is 13.2 Å². The highest BCUT2D eigenvalue weighted by Crippen LogP contribution is 2.38. The molecule has 2 aromatic carbocycles. The van der Waals surface area contributed by atoms with Crippen LogP contribution in [0.3, 0.4) is 0 Å². The Morgan fingerprint density at radius 2 is 1.81 bits per heavy atom. The smallest absolute Gasteiger partial charge is 0.242 e. The van der Waals surface area contributed by atoms with Gasteiger partial charge in [0.2, 0.25) is 11.7 Å². The summed E-state index contributed by atoms with van der Waals surface area (Å²) in [7, 11) is -3.55. The lowest BCUT2D eigenvalue weighted by molar-refractivity contribution is 0.171. The molecule has 0 fully saturated rings. The Morgan fingerprint density at radius 3 is 2.63 bits per heavy atom.